The van der Waals surface area contributed by atoms with Crippen molar-refractivity contribution in [2.24, 2.45) is 0 Å². The molecule has 0 N–H and O–H groups in total. The summed E-state index contributed by atoms with van der Waals surface area (Å²) in [6.45, 7) is 4.09. The summed E-state index contributed by atoms with van der Waals surface area (Å²) in [6, 6.07) is 0. The van der Waals surface area contributed by atoms with E-state index in [0.29, 0.717) is 9.30 Å². The maximum Gasteiger partial charge on any atom is 0.0422 e. The molecule has 2 atom stereocenters. The Balaban J connectivity index is 2.99. The molecule has 2 heteroatoms. The highest BCUT2D eigenvalue weighted by molar-refractivity contribution is 14.1. The SMILES string of the molecule is CC(Cl)C(C)I. The number of halogens is 2. The summed E-state index contributed by atoms with van der Waals surface area (Å²) < 4.78 is 0.587. The molecule has 0 aliphatic carbocycles. The smallest absolute Gasteiger partial charge is 0.0422 e. The van der Waals surface area contributed by atoms with Gasteiger partial charge in [-0.1, -0.05) is 29.5 Å². The second kappa shape index (κ2) is 3.08. The molecule has 6 heavy (non-hydrogen) atoms. The molecule has 0 aromatic heterocycles. The summed E-state index contributed by atoms with van der Waals surface area (Å²) in [7, 11) is 0. The van der Waals surface area contributed by atoms with Gasteiger partial charge < -0.3 is 0 Å². The third kappa shape index (κ3) is 3.22. The average Bonchev–Trinajstić information content (AvgIpc) is 1.36. The lowest BCUT2D eigenvalue weighted by Crippen LogP contribution is -2.02. The summed E-state index contributed by atoms with van der Waals surface area (Å²) in [6.07, 6.45) is 0. The first-order valence-electron chi connectivity index (χ1n) is 1.92. The van der Waals surface area contributed by atoms with Crippen LogP contribution in [-0.4, -0.2) is 9.30 Å². The number of hydrogen-bond donors (Lipinski definition) is 0. The topological polar surface area (TPSA) is 0 Å². The predicted molar refractivity (Wildman–Crippen MR) is 38.8 cm³/mol. The van der Waals surface area contributed by atoms with Gasteiger partial charge in [-0.15, -0.1) is 11.6 Å². The van der Waals surface area contributed by atoms with Crippen molar-refractivity contribution in [2.75, 3.05) is 0 Å². The molecule has 0 nitrogen and oxygen atoms in total. The highest BCUT2D eigenvalue weighted by Gasteiger charge is 2.00. The minimum absolute atomic E-state index is 0.311. The van der Waals surface area contributed by atoms with Crippen LogP contribution in [0.25, 0.3) is 0 Å². The van der Waals surface area contributed by atoms with Crippen LogP contribution in [0.15, 0.2) is 0 Å². The van der Waals surface area contributed by atoms with E-state index in [2.05, 4.69) is 29.5 Å². The largest absolute Gasteiger partial charge is 0.122 e. The van der Waals surface area contributed by atoms with Crippen LogP contribution in [0.4, 0.5) is 0 Å². The van der Waals surface area contributed by atoms with E-state index in [-0.39, 0.29) is 0 Å². The molecule has 0 bridgehead atoms. The average molecular weight is 218 g/mol. The molecule has 0 aliphatic rings. The minimum atomic E-state index is 0.311. The second-order valence-electron chi connectivity index (χ2n) is 1.36. The van der Waals surface area contributed by atoms with Crippen LogP contribution < -0.4 is 0 Å². The molecule has 0 amide bonds. The zero-order valence-corrected chi connectivity index (χ0v) is 6.82. The Hall–Kier alpha value is 1.02. The molecule has 0 heterocycles. The molecule has 0 saturated heterocycles. The maximum absolute atomic E-state index is 5.61. The molecule has 0 rings (SSSR count). The van der Waals surface area contributed by atoms with Crippen molar-refractivity contribution in [1.29, 1.82) is 0 Å². The van der Waals surface area contributed by atoms with Crippen molar-refractivity contribution < 1.29 is 0 Å². The van der Waals surface area contributed by atoms with Gasteiger partial charge in [0.05, 0.1) is 0 Å². The molecule has 0 aliphatic heterocycles. The Bertz CT molecular complexity index is 28.5. The van der Waals surface area contributed by atoms with Gasteiger partial charge in [-0.05, 0) is 6.92 Å². The molecular weight excluding hydrogens is 210 g/mol. The van der Waals surface area contributed by atoms with Crippen molar-refractivity contribution in [3.05, 3.63) is 0 Å². The monoisotopic (exact) mass is 218 g/mol. The second-order valence-corrected chi connectivity index (χ2v) is 4.01. The first-order valence-corrected chi connectivity index (χ1v) is 3.61. The summed E-state index contributed by atoms with van der Waals surface area (Å²) in [5.74, 6) is 0. The van der Waals surface area contributed by atoms with Gasteiger partial charge in [-0.3, -0.25) is 0 Å². The van der Waals surface area contributed by atoms with Gasteiger partial charge in [0.15, 0.2) is 0 Å². The fraction of sp³-hybridized carbons (Fsp3) is 1.00. The van der Waals surface area contributed by atoms with E-state index in [0.717, 1.165) is 0 Å². The highest BCUT2D eigenvalue weighted by Crippen LogP contribution is 2.09. The van der Waals surface area contributed by atoms with Crippen LogP contribution in [0.5, 0.6) is 0 Å². The maximum atomic E-state index is 5.61. The molecule has 2 unspecified atom stereocenters. The summed E-state index contributed by atoms with van der Waals surface area (Å²) in [5, 5.41) is 0.311. The fourth-order valence-corrected chi connectivity index (χ4v) is 0. The van der Waals surface area contributed by atoms with Gasteiger partial charge in [0.25, 0.3) is 0 Å². The Morgan fingerprint density at radius 3 is 1.67 bits per heavy atom. The Labute approximate surface area is 57.4 Å². The van der Waals surface area contributed by atoms with Crippen LogP contribution in [0.3, 0.4) is 0 Å². The Morgan fingerprint density at radius 1 is 1.50 bits per heavy atom. The van der Waals surface area contributed by atoms with Crippen molar-refractivity contribution >= 4 is 34.2 Å². The van der Waals surface area contributed by atoms with Crippen molar-refractivity contribution in [3.8, 4) is 0 Å². The molecule has 0 radical (unpaired) electrons. The number of alkyl halides is 2. The quantitative estimate of drug-likeness (QED) is 0.468. The fourth-order valence-electron chi connectivity index (χ4n) is 0. The zero-order chi connectivity index (χ0) is 5.15. The third-order valence-electron chi connectivity index (χ3n) is 0.633. The van der Waals surface area contributed by atoms with E-state index in [1.165, 1.54) is 0 Å². The molecule has 0 aromatic carbocycles. The van der Waals surface area contributed by atoms with Gasteiger partial charge in [0, 0.05) is 9.30 Å². The zero-order valence-electron chi connectivity index (χ0n) is 3.91. The standard InChI is InChI=1S/C4H8ClI/c1-3(5)4(2)6/h3-4H,1-2H3. The summed E-state index contributed by atoms with van der Waals surface area (Å²) in [4.78, 5) is 0. The Kier molecular flexibility index (Phi) is 3.60. The first kappa shape index (κ1) is 7.02. The molecule has 38 valence electrons. The van der Waals surface area contributed by atoms with E-state index in [1.54, 1.807) is 0 Å². The number of rotatable bonds is 1. The third-order valence-corrected chi connectivity index (χ3v) is 2.51. The van der Waals surface area contributed by atoms with E-state index >= 15 is 0 Å². The molecule has 0 fully saturated rings. The van der Waals surface area contributed by atoms with Crippen LogP contribution in [0, 0.1) is 0 Å². The van der Waals surface area contributed by atoms with Gasteiger partial charge >= 0.3 is 0 Å². The normalized spacial score (nSPS) is 20.0. The van der Waals surface area contributed by atoms with Crippen molar-refractivity contribution in [1.82, 2.24) is 0 Å². The molecule has 0 saturated carbocycles. The summed E-state index contributed by atoms with van der Waals surface area (Å²) in [5.41, 5.74) is 0. The number of hydrogen-bond acceptors (Lipinski definition) is 0. The van der Waals surface area contributed by atoms with Gasteiger partial charge in [0.2, 0.25) is 0 Å². The Morgan fingerprint density at radius 2 is 1.67 bits per heavy atom. The molecule has 0 spiro atoms. The van der Waals surface area contributed by atoms with E-state index < -0.39 is 0 Å². The van der Waals surface area contributed by atoms with Crippen molar-refractivity contribution in [3.63, 3.8) is 0 Å². The highest BCUT2D eigenvalue weighted by atomic mass is 127. The van der Waals surface area contributed by atoms with Gasteiger partial charge in [0.1, 0.15) is 0 Å². The lowest BCUT2D eigenvalue weighted by atomic mass is 10.4. The minimum Gasteiger partial charge on any atom is -0.122 e. The first-order chi connectivity index (χ1) is 2.64. The predicted octanol–water partition coefficient (Wildman–Crippen LogP) is 2.44. The van der Waals surface area contributed by atoms with Crippen molar-refractivity contribution in [2.45, 2.75) is 23.1 Å². The lowest BCUT2D eigenvalue weighted by Gasteiger charge is -2.00. The van der Waals surface area contributed by atoms with E-state index in [1.807, 2.05) is 6.92 Å². The van der Waals surface area contributed by atoms with E-state index in [4.69, 9.17) is 11.6 Å². The van der Waals surface area contributed by atoms with Crippen LogP contribution >= 0.6 is 34.2 Å². The van der Waals surface area contributed by atoms with Crippen LogP contribution in [-0.2, 0) is 0 Å². The molecular formula is C4H8ClI. The summed E-state index contributed by atoms with van der Waals surface area (Å²) >= 11 is 7.91. The lowest BCUT2D eigenvalue weighted by molar-refractivity contribution is 0.947. The van der Waals surface area contributed by atoms with Gasteiger partial charge in [-0.2, -0.15) is 0 Å². The van der Waals surface area contributed by atoms with E-state index in [9.17, 15) is 0 Å². The molecule has 0 aromatic rings. The van der Waals surface area contributed by atoms with Gasteiger partial charge in [-0.25, -0.2) is 0 Å². The van der Waals surface area contributed by atoms with Crippen LogP contribution in [0.1, 0.15) is 13.8 Å². The van der Waals surface area contributed by atoms with Crippen LogP contribution in [0.2, 0.25) is 0 Å².